The molecule has 0 saturated heterocycles. The van der Waals surface area contributed by atoms with Crippen molar-refractivity contribution in [2.75, 3.05) is 5.73 Å². The number of rotatable bonds is 5. The lowest BCUT2D eigenvalue weighted by Crippen LogP contribution is -2.04. The Morgan fingerprint density at radius 2 is 1.86 bits per heavy atom. The molecule has 0 fully saturated rings. The van der Waals surface area contributed by atoms with Crippen molar-refractivity contribution < 1.29 is 0 Å². The third kappa shape index (κ3) is 2.77. The van der Waals surface area contributed by atoms with Gasteiger partial charge in [-0.25, -0.2) is 4.98 Å². The molecule has 0 aliphatic rings. The van der Waals surface area contributed by atoms with Gasteiger partial charge < -0.3 is 10.3 Å². The number of hydrogen-bond donors (Lipinski definition) is 1. The third-order valence-electron chi connectivity index (χ3n) is 3.90. The molecular weight excluding hydrogens is 258 g/mol. The lowest BCUT2D eigenvalue weighted by molar-refractivity contribution is 0.629. The Labute approximate surface area is 125 Å². The largest absolute Gasteiger partial charge is 0.397 e. The number of hydrogen-bond acceptors (Lipinski definition) is 2. The van der Waals surface area contributed by atoms with Gasteiger partial charge in [0, 0.05) is 13.0 Å². The number of imidazole rings is 1. The number of nitrogens with two attached hydrogens (primary N) is 1. The van der Waals surface area contributed by atoms with Gasteiger partial charge in [0.05, 0.1) is 11.2 Å². The maximum absolute atomic E-state index is 6.04. The number of anilines is 1. The van der Waals surface area contributed by atoms with Crippen LogP contribution in [-0.4, -0.2) is 9.55 Å². The van der Waals surface area contributed by atoms with Crippen LogP contribution in [0, 0.1) is 0 Å². The maximum Gasteiger partial charge on any atom is 0.112 e. The molecule has 0 saturated carbocycles. The van der Waals surface area contributed by atoms with Gasteiger partial charge in [-0.05, 0) is 30.5 Å². The molecule has 2 N–H and O–H groups in total. The highest BCUT2D eigenvalue weighted by Gasteiger charge is 2.10. The van der Waals surface area contributed by atoms with E-state index < -0.39 is 0 Å². The monoisotopic (exact) mass is 279 g/mol. The van der Waals surface area contributed by atoms with Crippen LogP contribution in [0.15, 0.2) is 48.5 Å². The Kier molecular flexibility index (Phi) is 3.91. The van der Waals surface area contributed by atoms with E-state index in [9.17, 15) is 0 Å². The van der Waals surface area contributed by atoms with Crippen molar-refractivity contribution in [3.05, 3.63) is 59.9 Å². The van der Waals surface area contributed by atoms with Gasteiger partial charge in [0.2, 0.25) is 0 Å². The van der Waals surface area contributed by atoms with E-state index in [1.54, 1.807) is 0 Å². The van der Waals surface area contributed by atoms with Crippen molar-refractivity contribution in [3.8, 4) is 0 Å². The molecule has 0 aliphatic heterocycles. The van der Waals surface area contributed by atoms with E-state index in [0.29, 0.717) is 0 Å². The molecule has 1 heterocycles. The Hall–Kier alpha value is -2.29. The fourth-order valence-corrected chi connectivity index (χ4v) is 2.82. The third-order valence-corrected chi connectivity index (χ3v) is 3.90. The summed E-state index contributed by atoms with van der Waals surface area (Å²) in [5.74, 6) is 1.12. The molecule has 0 aliphatic carbocycles. The minimum atomic E-state index is 0.768. The average Bonchev–Trinajstić information content (AvgIpc) is 2.88. The minimum absolute atomic E-state index is 0.768. The summed E-state index contributed by atoms with van der Waals surface area (Å²) in [6.45, 7) is 3.13. The van der Waals surface area contributed by atoms with Crippen LogP contribution in [0.1, 0.15) is 24.7 Å². The number of benzene rings is 2. The smallest absolute Gasteiger partial charge is 0.112 e. The van der Waals surface area contributed by atoms with Crippen LogP contribution in [-0.2, 0) is 19.4 Å². The first-order valence-corrected chi connectivity index (χ1v) is 7.57. The minimum Gasteiger partial charge on any atom is -0.397 e. The van der Waals surface area contributed by atoms with Crippen molar-refractivity contribution in [1.29, 1.82) is 0 Å². The molecule has 2 aromatic carbocycles. The Bertz CT molecular complexity index is 729. The maximum atomic E-state index is 6.04. The van der Waals surface area contributed by atoms with Crippen LogP contribution in [0.3, 0.4) is 0 Å². The van der Waals surface area contributed by atoms with Crippen LogP contribution in [0.25, 0.3) is 11.0 Å². The van der Waals surface area contributed by atoms with Crippen molar-refractivity contribution in [3.63, 3.8) is 0 Å². The van der Waals surface area contributed by atoms with Crippen LogP contribution >= 0.6 is 0 Å². The first kappa shape index (κ1) is 13.7. The molecule has 0 bridgehead atoms. The first-order chi connectivity index (χ1) is 10.3. The molecule has 0 atom stereocenters. The number of fused-ring (bicyclic) bond motifs is 1. The zero-order chi connectivity index (χ0) is 14.7. The van der Waals surface area contributed by atoms with Crippen LogP contribution in [0.2, 0.25) is 0 Å². The van der Waals surface area contributed by atoms with E-state index in [1.807, 2.05) is 12.1 Å². The zero-order valence-electron chi connectivity index (χ0n) is 12.4. The highest BCUT2D eigenvalue weighted by atomic mass is 15.1. The van der Waals surface area contributed by atoms with Gasteiger partial charge in [-0.3, -0.25) is 0 Å². The van der Waals surface area contributed by atoms with Crippen molar-refractivity contribution in [1.82, 2.24) is 9.55 Å². The summed E-state index contributed by atoms with van der Waals surface area (Å²) in [6, 6.07) is 16.7. The predicted octanol–water partition coefficient (Wildman–Crippen LogP) is 3.81. The van der Waals surface area contributed by atoms with Crippen LogP contribution in [0.5, 0.6) is 0 Å². The molecule has 3 nitrogen and oxygen atoms in total. The summed E-state index contributed by atoms with van der Waals surface area (Å²) in [7, 11) is 0. The van der Waals surface area contributed by atoms with E-state index in [0.717, 1.165) is 48.4 Å². The topological polar surface area (TPSA) is 43.8 Å². The fourth-order valence-electron chi connectivity index (χ4n) is 2.82. The van der Waals surface area contributed by atoms with E-state index in [-0.39, 0.29) is 0 Å². The quantitative estimate of drug-likeness (QED) is 0.722. The summed E-state index contributed by atoms with van der Waals surface area (Å²) in [6.07, 6.45) is 3.13. The second-order valence-corrected chi connectivity index (χ2v) is 5.34. The lowest BCUT2D eigenvalue weighted by Gasteiger charge is -2.08. The summed E-state index contributed by atoms with van der Waals surface area (Å²) >= 11 is 0. The number of nitrogen functional groups attached to an aromatic ring is 1. The van der Waals surface area contributed by atoms with Crippen molar-refractivity contribution in [2.24, 2.45) is 0 Å². The Balaban J connectivity index is 1.81. The standard InChI is InChI=1S/C18H21N3/c1-2-17-20-18-15(19)11-6-12-16(18)21(17)13-7-10-14-8-4-3-5-9-14/h3-6,8-9,11-12H,2,7,10,13,19H2,1H3. The Morgan fingerprint density at radius 1 is 1.05 bits per heavy atom. The SMILES string of the molecule is CCc1nc2c(N)cccc2n1CCCc1ccccc1. The van der Waals surface area contributed by atoms with E-state index in [2.05, 4.69) is 47.9 Å². The van der Waals surface area contributed by atoms with E-state index in [1.165, 1.54) is 5.56 Å². The highest BCUT2D eigenvalue weighted by molar-refractivity contribution is 5.87. The molecule has 0 radical (unpaired) electrons. The van der Waals surface area contributed by atoms with Crippen LogP contribution < -0.4 is 5.73 Å². The lowest BCUT2D eigenvalue weighted by atomic mass is 10.1. The van der Waals surface area contributed by atoms with Gasteiger partial charge in [0.25, 0.3) is 0 Å². The van der Waals surface area contributed by atoms with Crippen LogP contribution in [0.4, 0.5) is 5.69 Å². The number of nitrogens with zero attached hydrogens (tertiary/aromatic N) is 2. The average molecular weight is 279 g/mol. The van der Waals surface area contributed by atoms with Crippen molar-refractivity contribution >= 4 is 16.7 Å². The zero-order valence-corrected chi connectivity index (χ0v) is 12.4. The molecule has 3 rings (SSSR count). The number of aryl methyl sites for hydroxylation is 3. The predicted molar refractivity (Wildman–Crippen MR) is 88.3 cm³/mol. The number of para-hydroxylation sites is 1. The second-order valence-electron chi connectivity index (χ2n) is 5.34. The van der Waals surface area contributed by atoms with E-state index >= 15 is 0 Å². The molecular formula is C18H21N3. The van der Waals surface area contributed by atoms with Crippen molar-refractivity contribution in [2.45, 2.75) is 32.7 Å². The fraction of sp³-hybridized carbons (Fsp3) is 0.278. The summed E-state index contributed by atoms with van der Waals surface area (Å²) in [5.41, 5.74) is 10.3. The molecule has 0 amide bonds. The molecule has 1 aromatic heterocycles. The van der Waals surface area contributed by atoms with E-state index in [4.69, 9.17) is 10.7 Å². The first-order valence-electron chi connectivity index (χ1n) is 7.57. The molecule has 0 spiro atoms. The Morgan fingerprint density at radius 3 is 2.62 bits per heavy atom. The molecule has 3 aromatic rings. The summed E-state index contributed by atoms with van der Waals surface area (Å²) < 4.78 is 2.31. The van der Waals surface area contributed by atoms with Gasteiger partial charge in [-0.15, -0.1) is 0 Å². The summed E-state index contributed by atoms with van der Waals surface area (Å²) in [5, 5.41) is 0. The summed E-state index contributed by atoms with van der Waals surface area (Å²) in [4.78, 5) is 4.69. The molecule has 21 heavy (non-hydrogen) atoms. The van der Waals surface area contributed by atoms with Gasteiger partial charge in [0.15, 0.2) is 0 Å². The molecule has 108 valence electrons. The van der Waals surface area contributed by atoms with Gasteiger partial charge >= 0.3 is 0 Å². The normalized spacial score (nSPS) is 11.1. The second kappa shape index (κ2) is 6.00. The highest BCUT2D eigenvalue weighted by Crippen LogP contribution is 2.22. The molecule has 0 unspecified atom stereocenters. The number of aromatic nitrogens is 2. The van der Waals surface area contributed by atoms with Gasteiger partial charge in [-0.1, -0.05) is 43.3 Å². The van der Waals surface area contributed by atoms with Gasteiger partial charge in [-0.2, -0.15) is 0 Å². The molecule has 3 heteroatoms. The van der Waals surface area contributed by atoms with Gasteiger partial charge in [0.1, 0.15) is 11.3 Å².